The SMILES string of the molecule is CC(C(=O)NC1CCCCC1)N1CCN(CCc2ccccc2)CC1. The van der Waals surface area contributed by atoms with E-state index in [0.717, 1.165) is 52.0 Å². The quantitative estimate of drug-likeness (QED) is 0.863. The molecule has 0 aromatic heterocycles. The Balaban J connectivity index is 1.38. The largest absolute Gasteiger partial charge is 0.352 e. The van der Waals surface area contributed by atoms with Gasteiger partial charge in [-0.1, -0.05) is 49.6 Å². The molecule has 1 aromatic rings. The summed E-state index contributed by atoms with van der Waals surface area (Å²) in [4.78, 5) is 17.4. The van der Waals surface area contributed by atoms with Gasteiger partial charge in [0, 0.05) is 38.8 Å². The van der Waals surface area contributed by atoms with Gasteiger partial charge in [0.2, 0.25) is 5.91 Å². The third kappa shape index (κ3) is 5.55. The Morgan fingerprint density at radius 2 is 1.76 bits per heavy atom. The van der Waals surface area contributed by atoms with Gasteiger partial charge in [0.05, 0.1) is 6.04 Å². The standard InChI is InChI=1S/C21H33N3O/c1-18(21(25)22-20-10-6-3-7-11-20)24-16-14-23(15-17-24)13-12-19-8-4-2-5-9-19/h2,4-5,8-9,18,20H,3,6-7,10-17H2,1H3,(H,22,25). The fourth-order valence-corrected chi connectivity index (χ4v) is 4.04. The molecule has 1 N–H and O–H groups in total. The predicted molar refractivity (Wildman–Crippen MR) is 103 cm³/mol. The van der Waals surface area contributed by atoms with E-state index in [1.807, 2.05) is 0 Å². The zero-order valence-corrected chi connectivity index (χ0v) is 15.6. The number of hydrogen-bond donors (Lipinski definition) is 1. The second-order valence-corrected chi connectivity index (χ2v) is 7.63. The van der Waals surface area contributed by atoms with Crippen LogP contribution in [0.5, 0.6) is 0 Å². The molecule has 2 aliphatic rings. The summed E-state index contributed by atoms with van der Waals surface area (Å²) >= 11 is 0. The minimum Gasteiger partial charge on any atom is -0.352 e. The molecule has 1 amide bonds. The van der Waals surface area contributed by atoms with Crippen LogP contribution in [0.1, 0.15) is 44.6 Å². The maximum atomic E-state index is 12.5. The summed E-state index contributed by atoms with van der Waals surface area (Å²) in [6, 6.07) is 11.1. The zero-order chi connectivity index (χ0) is 17.5. The van der Waals surface area contributed by atoms with Gasteiger partial charge in [-0.25, -0.2) is 0 Å². The first-order chi connectivity index (χ1) is 12.2. The van der Waals surface area contributed by atoms with Gasteiger partial charge in [-0.2, -0.15) is 0 Å². The highest BCUT2D eigenvalue weighted by atomic mass is 16.2. The highest BCUT2D eigenvalue weighted by Crippen LogP contribution is 2.18. The number of nitrogens with one attached hydrogen (secondary N) is 1. The number of benzene rings is 1. The molecule has 0 radical (unpaired) electrons. The molecule has 25 heavy (non-hydrogen) atoms. The lowest BCUT2D eigenvalue weighted by Gasteiger charge is -2.38. The van der Waals surface area contributed by atoms with Crippen molar-refractivity contribution in [3.05, 3.63) is 35.9 Å². The monoisotopic (exact) mass is 343 g/mol. The summed E-state index contributed by atoms with van der Waals surface area (Å²) in [5, 5.41) is 3.28. The molecule has 1 unspecified atom stereocenters. The summed E-state index contributed by atoms with van der Waals surface area (Å²) in [6.07, 6.45) is 7.28. The Morgan fingerprint density at radius 1 is 1.08 bits per heavy atom. The molecule has 1 aliphatic heterocycles. The van der Waals surface area contributed by atoms with Crippen LogP contribution in [0, 0.1) is 0 Å². The maximum Gasteiger partial charge on any atom is 0.237 e. The average molecular weight is 344 g/mol. The van der Waals surface area contributed by atoms with E-state index >= 15 is 0 Å². The molecular formula is C21H33N3O. The third-order valence-electron chi connectivity index (χ3n) is 5.85. The van der Waals surface area contributed by atoms with Gasteiger partial charge in [0.15, 0.2) is 0 Å². The van der Waals surface area contributed by atoms with Gasteiger partial charge in [-0.05, 0) is 31.7 Å². The molecule has 4 heteroatoms. The molecule has 1 saturated heterocycles. The first-order valence-electron chi connectivity index (χ1n) is 10.0. The van der Waals surface area contributed by atoms with E-state index < -0.39 is 0 Å². The van der Waals surface area contributed by atoms with Gasteiger partial charge in [-0.15, -0.1) is 0 Å². The molecule has 3 rings (SSSR count). The van der Waals surface area contributed by atoms with Crippen LogP contribution in [-0.2, 0) is 11.2 Å². The normalized spacial score (nSPS) is 21.8. The number of amides is 1. The molecule has 1 atom stereocenters. The molecule has 1 aliphatic carbocycles. The molecule has 2 fully saturated rings. The topological polar surface area (TPSA) is 35.6 Å². The molecular weight excluding hydrogens is 310 g/mol. The number of piperazine rings is 1. The van der Waals surface area contributed by atoms with Crippen molar-refractivity contribution in [2.45, 2.75) is 57.5 Å². The fourth-order valence-electron chi connectivity index (χ4n) is 4.04. The number of hydrogen-bond acceptors (Lipinski definition) is 3. The van der Waals surface area contributed by atoms with Crippen LogP contribution >= 0.6 is 0 Å². The second-order valence-electron chi connectivity index (χ2n) is 7.63. The molecule has 1 saturated carbocycles. The van der Waals surface area contributed by atoms with E-state index in [-0.39, 0.29) is 11.9 Å². The van der Waals surface area contributed by atoms with E-state index in [2.05, 4.69) is 52.4 Å². The summed E-state index contributed by atoms with van der Waals surface area (Å²) in [7, 11) is 0. The smallest absolute Gasteiger partial charge is 0.237 e. The Labute approximate surface area is 152 Å². The van der Waals surface area contributed by atoms with Crippen molar-refractivity contribution >= 4 is 5.91 Å². The van der Waals surface area contributed by atoms with Crippen LogP contribution in [0.2, 0.25) is 0 Å². The number of nitrogens with zero attached hydrogens (tertiary/aromatic N) is 2. The van der Waals surface area contributed by atoms with Crippen molar-refractivity contribution in [3.63, 3.8) is 0 Å². The van der Waals surface area contributed by atoms with Crippen LogP contribution < -0.4 is 5.32 Å². The van der Waals surface area contributed by atoms with E-state index in [1.165, 1.54) is 24.8 Å². The molecule has 0 bridgehead atoms. The van der Waals surface area contributed by atoms with Gasteiger partial charge in [0.25, 0.3) is 0 Å². The Kier molecular flexibility index (Phi) is 6.88. The highest BCUT2D eigenvalue weighted by Gasteiger charge is 2.27. The lowest BCUT2D eigenvalue weighted by Crippen LogP contribution is -2.55. The van der Waals surface area contributed by atoms with Crippen LogP contribution in [0.3, 0.4) is 0 Å². The summed E-state index contributed by atoms with van der Waals surface area (Å²) in [5.74, 6) is 0.227. The Hall–Kier alpha value is -1.39. The van der Waals surface area contributed by atoms with E-state index in [9.17, 15) is 4.79 Å². The van der Waals surface area contributed by atoms with E-state index in [0.29, 0.717) is 6.04 Å². The third-order valence-corrected chi connectivity index (χ3v) is 5.85. The molecule has 138 valence electrons. The number of rotatable bonds is 6. The molecule has 1 heterocycles. The summed E-state index contributed by atoms with van der Waals surface area (Å²) in [6.45, 7) is 7.29. The van der Waals surface area contributed by atoms with Gasteiger partial charge < -0.3 is 10.2 Å². The van der Waals surface area contributed by atoms with Crippen LogP contribution in [-0.4, -0.2) is 60.5 Å². The van der Waals surface area contributed by atoms with Crippen molar-refractivity contribution in [2.24, 2.45) is 0 Å². The van der Waals surface area contributed by atoms with E-state index in [1.54, 1.807) is 0 Å². The number of carbonyl (C=O) groups excluding carboxylic acids is 1. The van der Waals surface area contributed by atoms with Gasteiger partial charge in [0.1, 0.15) is 0 Å². The molecule has 1 aromatic carbocycles. The van der Waals surface area contributed by atoms with Crippen molar-refractivity contribution < 1.29 is 4.79 Å². The predicted octanol–water partition coefficient (Wildman–Crippen LogP) is 2.68. The zero-order valence-electron chi connectivity index (χ0n) is 15.6. The van der Waals surface area contributed by atoms with Gasteiger partial charge >= 0.3 is 0 Å². The van der Waals surface area contributed by atoms with Crippen LogP contribution in [0.25, 0.3) is 0 Å². The lowest BCUT2D eigenvalue weighted by molar-refractivity contribution is -0.127. The van der Waals surface area contributed by atoms with Gasteiger partial charge in [-0.3, -0.25) is 9.69 Å². The highest BCUT2D eigenvalue weighted by molar-refractivity contribution is 5.81. The Morgan fingerprint density at radius 3 is 2.44 bits per heavy atom. The van der Waals surface area contributed by atoms with Crippen LogP contribution in [0.15, 0.2) is 30.3 Å². The summed E-state index contributed by atoms with van der Waals surface area (Å²) < 4.78 is 0. The minimum atomic E-state index is -0.00167. The van der Waals surface area contributed by atoms with Crippen molar-refractivity contribution in [1.82, 2.24) is 15.1 Å². The van der Waals surface area contributed by atoms with Crippen LogP contribution in [0.4, 0.5) is 0 Å². The minimum absolute atomic E-state index is 0.00167. The average Bonchev–Trinajstić information content (AvgIpc) is 2.68. The first-order valence-corrected chi connectivity index (χ1v) is 10.0. The fraction of sp³-hybridized carbons (Fsp3) is 0.667. The van der Waals surface area contributed by atoms with Crippen molar-refractivity contribution in [2.75, 3.05) is 32.7 Å². The van der Waals surface area contributed by atoms with E-state index in [4.69, 9.17) is 0 Å². The van der Waals surface area contributed by atoms with Crippen molar-refractivity contribution in [1.29, 1.82) is 0 Å². The molecule has 4 nitrogen and oxygen atoms in total. The Bertz CT molecular complexity index is 519. The van der Waals surface area contributed by atoms with Crippen molar-refractivity contribution in [3.8, 4) is 0 Å². The maximum absolute atomic E-state index is 12.5. The number of carbonyl (C=O) groups is 1. The summed E-state index contributed by atoms with van der Waals surface area (Å²) in [5.41, 5.74) is 1.41. The molecule has 0 spiro atoms. The lowest BCUT2D eigenvalue weighted by atomic mass is 9.95. The second kappa shape index (κ2) is 9.35. The first kappa shape index (κ1) is 18.4.